The Balaban J connectivity index is -0.00000107. The summed E-state index contributed by atoms with van der Waals surface area (Å²) in [5.41, 5.74) is -1.25. The van der Waals surface area contributed by atoms with Gasteiger partial charge in [-0.25, -0.2) is 14.8 Å². The molecule has 1 heterocycles. The zero-order valence-corrected chi connectivity index (χ0v) is 57.1. The van der Waals surface area contributed by atoms with Crippen LogP contribution in [0, 0.1) is 0 Å². The van der Waals surface area contributed by atoms with E-state index in [4.69, 9.17) is 46.1 Å². The van der Waals surface area contributed by atoms with Crippen molar-refractivity contribution in [1.82, 2.24) is 10.6 Å². The van der Waals surface area contributed by atoms with Crippen LogP contribution in [0.5, 0.6) is 0 Å². The van der Waals surface area contributed by atoms with E-state index in [9.17, 15) is 25.0 Å². The summed E-state index contributed by atoms with van der Waals surface area (Å²) in [4.78, 5) is 24.9. The molecule has 438 valence electrons. The molecule has 0 saturated carbocycles. The molecule has 0 aromatic carbocycles. The van der Waals surface area contributed by atoms with Crippen LogP contribution >= 0.6 is 0 Å². The van der Waals surface area contributed by atoms with Crippen LogP contribution in [0.2, 0.25) is 72.5 Å². The van der Waals surface area contributed by atoms with E-state index in [1.165, 1.54) is 0 Å². The second kappa shape index (κ2) is 29.0. The number of quaternary nitrogens is 1. The maximum atomic E-state index is 12.5. The molecule has 19 nitrogen and oxygen atoms in total. The number of amides is 2. The number of ether oxygens (including phenoxy) is 3. The quantitative estimate of drug-likeness (QED) is 0.0516. The molecule has 0 aromatic heterocycles. The molecule has 0 spiro atoms. The summed E-state index contributed by atoms with van der Waals surface area (Å²) in [6, 6.07) is -1.28. The molecule has 0 aliphatic carbocycles. The Morgan fingerprint density at radius 2 is 0.918 bits per heavy atom. The van der Waals surface area contributed by atoms with E-state index < -0.39 is 102 Å². The number of hydrogen-bond donors (Lipinski definition) is 5. The first-order valence-electron chi connectivity index (χ1n) is 25.1. The summed E-state index contributed by atoms with van der Waals surface area (Å²) >= 11 is -6.06. The molecule has 1 fully saturated rings. The van der Waals surface area contributed by atoms with Crippen LogP contribution in [0.15, 0.2) is 12.7 Å². The van der Waals surface area contributed by atoms with E-state index in [1.54, 1.807) is 33.9 Å². The summed E-state index contributed by atoms with van der Waals surface area (Å²) in [5.74, 6) is 0. The van der Waals surface area contributed by atoms with Gasteiger partial charge in [-0.1, -0.05) is 89.2 Å². The van der Waals surface area contributed by atoms with Gasteiger partial charge in [-0.2, -0.15) is 4.65 Å². The topological polar surface area (TPSA) is 252 Å². The summed E-state index contributed by atoms with van der Waals surface area (Å²) in [6.45, 7) is 61.2. The standard InChI is InChI=1S/C22H49NO6Si2.C22H47NO4Si2.C5H12NO2.4O.Os/c1-20(2,3)28-19(26)23-18(16(25)14-24)17(29-31(12,13)22(7,8)9)15-27-30(10,11)21(4,5)6;1-15-17(23-19(24)26-20(2,3)4)18(27-29(13,14)22(8,9)10)16-25-28(11,12)21(5,6)7;1-6(7)2-4-8-5-3-6;;;;;/h16-18,24-25H,14-15H2,1-13H3,(H,23,26);15,17-18H,1,16H2,2-14H3,(H,23,24);7H,2-5H2,1H3;;;;;/q;;+1;;;;;/t16?,17-,18+;17-,18+;;;;;;/m10....../s1. The Morgan fingerprint density at radius 1 is 0.616 bits per heavy atom. The first-order valence-corrected chi connectivity index (χ1v) is 40.9. The molecule has 2 amide bonds. The molecule has 24 heteroatoms. The third-order valence-electron chi connectivity index (χ3n) is 13.8. The predicted molar refractivity (Wildman–Crippen MR) is 291 cm³/mol. The van der Waals surface area contributed by atoms with Crippen molar-refractivity contribution in [3.05, 3.63) is 12.7 Å². The second-order valence-electron chi connectivity index (χ2n) is 27.1. The van der Waals surface area contributed by atoms with E-state index in [0.717, 1.165) is 13.1 Å². The Hall–Kier alpha value is -1.38. The molecule has 0 aromatic rings. The minimum absolute atomic E-state index is 0.00178. The molecule has 5 N–H and O–H groups in total. The number of hydroxylamine groups is 3. The molecule has 0 radical (unpaired) electrons. The number of hydrogen-bond acceptors (Lipinski definition) is 16. The van der Waals surface area contributed by atoms with Crippen molar-refractivity contribution in [3.8, 4) is 0 Å². The van der Waals surface area contributed by atoms with Gasteiger partial charge in [0.25, 0.3) is 0 Å². The van der Waals surface area contributed by atoms with Crippen LogP contribution in [0.3, 0.4) is 0 Å². The SMILES string of the molecule is C=C[C@H](NC(=O)OC(C)(C)C)[C@@H](CO[Si](C)(C)C(C)(C)C)O[Si](C)(C)C(C)(C)C.CC(C)(C)OC(=O)N[C@@H](C(O)CO)[C@@H](CO[Si](C)(C)C(C)(C)C)O[Si](C)(C)C(C)(C)C.C[N+]1(O)CCOCC1.[O]=[Os](=[O])(=[O])=[O]. The molecule has 0 bridgehead atoms. The number of nitrogens with one attached hydrogen (secondary N) is 2. The molecule has 1 aliphatic heterocycles. The average molecular weight is 1300 g/mol. The van der Waals surface area contributed by atoms with Crippen molar-refractivity contribution in [2.75, 3.05) is 53.2 Å². The van der Waals surface area contributed by atoms with Gasteiger partial charge in [0.05, 0.1) is 70.5 Å². The number of aliphatic hydroxyl groups is 2. The van der Waals surface area contributed by atoms with Gasteiger partial charge in [0.2, 0.25) is 0 Å². The first-order chi connectivity index (χ1) is 31.9. The molecule has 1 unspecified atom stereocenters. The number of likely N-dealkylation sites (N-methyl/N-ethyl adjacent to an activating group) is 1. The van der Waals surface area contributed by atoms with Gasteiger partial charge in [-0.05, 0) is 114 Å². The van der Waals surface area contributed by atoms with E-state index in [0.29, 0.717) is 19.8 Å². The van der Waals surface area contributed by atoms with Gasteiger partial charge in [-0.15, -0.1) is 6.58 Å². The van der Waals surface area contributed by atoms with Crippen LogP contribution in [0.1, 0.15) is 125 Å². The fraction of sp³-hybridized carbons (Fsp3) is 0.918. The fourth-order valence-corrected chi connectivity index (χ4v) is 9.70. The Labute approximate surface area is 449 Å². The average Bonchev–Trinajstić information content (AvgIpc) is 3.12. The van der Waals surface area contributed by atoms with Crippen molar-refractivity contribution in [3.63, 3.8) is 0 Å². The van der Waals surface area contributed by atoms with Crippen LogP contribution in [-0.2, 0) is 60.9 Å². The Morgan fingerprint density at radius 3 is 1.18 bits per heavy atom. The van der Waals surface area contributed by atoms with Gasteiger partial charge in [0.15, 0.2) is 33.3 Å². The van der Waals surface area contributed by atoms with Crippen LogP contribution in [0.4, 0.5) is 9.59 Å². The molecular formula is C49H108N3O16OsSi4+. The summed E-state index contributed by atoms with van der Waals surface area (Å²) in [6.07, 6.45) is -1.60. The molecular weight excluding hydrogens is 1190 g/mol. The normalized spacial score (nSPS) is 17.5. The second-order valence-corrected chi connectivity index (χ2v) is 48.7. The molecule has 5 atom stereocenters. The maximum absolute atomic E-state index is 12.5. The molecule has 73 heavy (non-hydrogen) atoms. The Bertz CT molecular complexity index is 1880. The van der Waals surface area contributed by atoms with Gasteiger partial charge >= 0.3 is 41.2 Å². The van der Waals surface area contributed by atoms with Gasteiger partial charge in [0, 0.05) is 0 Å². The number of morpholine rings is 1. The number of carbonyl (C=O) groups excluding carboxylic acids is 2. The van der Waals surface area contributed by atoms with Crippen LogP contribution in [-0.4, -0.2) is 160 Å². The number of carbonyl (C=O) groups is 2. The fourth-order valence-electron chi connectivity index (χ4n) is 5.02. The minimum atomic E-state index is -6.06. The van der Waals surface area contributed by atoms with Crippen LogP contribution < -0.4 is 10.6 Å². The molecule has 1 rings (SSSR count). The summed E-state index contributed by atoms with van der Waals surface area (Å²) in [5, 5.41) is 35.2. The van der Waals surface area contributed by atoms with E-state index in [2.05, 4.69) is 153 Å². The van der Waals surface area contributed by atoms with Gasteiger partial charge in [0.1, 0.15) is 24.3 Å². The van der Waals surface area contributed by atoms with Crippen molar-refractivity contribution >= 4 is 45.5 Å². The van der Waals surface area contributed by atoms with Gasteiger partial charge < -0.3 is 52.8 Å². The molecule has 1 aliphatic rings. The number of nitrogens with zero attached hydrogens (tertiary/aromatic N) is 1. The third kappa shape index (κ3) is 32.8. The summed E-state index contributed by atoms with van der Waals surface area (Å²) in [7, 11) is -6.66. The van der Waals surface area contributed by atoms with E-state index >= 15 is 0 Å². The first kappa shape index (κ1) is 75.9. The summed E-state index contributed by atoms with van der Waals surface area (Å²) < 4.78 is 76.7. The van der Waals surface area contributed by atoms with Crippen molar-refractivity contribution in [2.45, 2.75) is 239 Å². The van der Waals surface area contributed by atoms with E-state index in [-0.39, 0.29) is 37.5 Å². The molecule has 1 saturated heterocycles. The van der Waals surface area contributed by atoms with E-state index in [1.807, 2.05) is 20.8 Å². The zero-order chi connectivity index (χ0) is 59.1. The number of aliphatic hydroxyl groups excluding tert-OH is 2. The van der Waals surface area contributed by atoms with Crippen molar-refractivity contribution < 1.29 is 90.6 Å². The van der Waals surface area contributed by atoms with Crippen molar-refractivity contribution in [1.29, 1.82) is 0 Å². The Kier molecular flexibility index (Phi) is 30.2. The van der Waals surface area contributed by atoms with Crippen LogP contribution in [0.25, 0.3) is 0 Å². The third-order valence-corrected chi connectivity index (χ3v) is 31.8. The van der Waals surface area contributed by atoms with Gasteiger partial charge in [-0.3, -0.25) is 0 Å². The zero-order valence-electron chi connectivity index (χ0n) is 50.6. The van der Waals surface area contributed by atoms with Crippen molar-refractivity contribution in [2.24, 2.45) is 0 Å². The monoisotopic (exact) mass is 1300 g/mol. The predicted octanol–water partition coefficient (Wildman–Crippen LogP) is 10.5. The number of rotatable bonds is 17. The number of alkyl carbamates (subject to hydrolysis) is 2.